The standard InChI is InChI=1S/C21H36O2/c1-16(2)19-11-10-17(3)8-7-9-18(4)14-20(22)15-21(5,23-6)13-12-19/h8,12-14,16,19-20,22H,7,9-11,15H2,1-6H3/b13-12+,17-8-,18-14-/t19-,20+,21+/m1/s1. The average molecular weight is 321 g/mol. The first-order valence-corrected chi connectivity index (χ1v) is 9.01. The highest BCUT2D eigenvalue weighted by molar-refractivity contribution is 5.11. The molecule has 3 atom stereocenters. The highest BCUT2D eigenvalue weighted by Gasteiger charge is 2.24. The molecular weight excluding hydrogens is 284 g/mol. The van der Waals surface area contributed by atoms with Crippen LogP contribution in [0.4, 0.5) is 0 Å². The maximum Gasteiger partial charge on any atom is 0.0858 e. The van der Waals surface area contributed by atoms with Gasteiger partial charge in [0.05, 0.1) is 11.7 Å². The van der Waals surface area contributed by atoms with Gasteiger partial charge in [0.15, 0.2) is 0 Å². The molecule has 0 aromatic carbocycles. The molecule has 0 unspecified atom stereocenters. The van der Waals surface area contributed by atoms with E-state index in [1.165, 1.54) is 17.6 Å². The van der Waals surface area contributed by atoms with Gasteiger partial charge in [0.1, 0.15) is 0 Å². The fourth-order valence-corrected chi connectivity index (χ4v) is 3.13. The summed E-state index contributed by atoms with van der Waals surface area (Å²) in [6.07, 6.45) is 13.3. The zero-order valence-corrected chi connectivity index (χ0v) is 15.9. The van der Waals surface area contributed by atoms with Crippen molar-refractivity contribution in [1.29, 1.82) is 0 Å². The van der Waals surface area contributed by atoms with Gasteiger partial charge in [-0.1, -0.05) is 49.3 Å². The van der Waals surface area contributed by atoms with Gasteiger partial charge in [-0.25, -0.2) is 0 Å². The number of rotatable bonds is 2. The molecule has 23 heavy (non-hydrogen) atoms. The van der Waals surface area contributed by atoms with Crippen LogP contribution in [0, 0.1) is 11.8 Å². The summed E-state index contributed by atoms with van der Waals surface area (Å²) in [7, 11) is 1.73. The van der Waals surface area contributed by atoms with Gasteiger partial charge < -0.3 is 9.84 Å². The average Bonchev–Trinajstić information content (AvgIpc) is 2.45. The molecule has 0 radical (unpaired) electrons. The molecule has 1 rings (SSSR count). The Hall–Kier alpha value is -0.860. The molecule has 0 saturated carbocycles. The fraction of sp³-hybridized carbons (Fsp3) is 0.714. The molecular formula is C21H36O2. The predicted octanol–water partition coefficient (Wildman–Crippen LogP) is 5.44. The Kier molecular flexibility index (Phi) is 8.28. The van der Waals surface area contributed by atoms with E-state index >= 15 is 0 Å². The highest BCUT2D eigenvalue weighted by atomic mass is 16.5. The molecule has 0 aliphatic heterocycles. The lowest BCUT2D eigenvalue weighted by molar-refractivity contribution is 0.0126. The van der Waals surface area contributed by atoms with E-state index in [-0.39, 0.29) is 0 Å². The van der Waals surface area contributed by atoms with Crippen molar-refractivity contribution in [3.8, 4) is 0 Å². The van der Waals surface area contributed by atoms with Crippen LogP contribution in [0.1, 0.15) is 66.7 Å². The number of aliphatic hydroxyl groups excluding tert-OH is 1. The number of aliphatic hydroxyl groups is 1. The Morgan fingerprint density at radius 3 is 2.52 bits per heavy atom. The van der Waals surface area contributed by atoms with Crippen LogP contribution in [-0.2, 0) is 4.74 Å². The number of methoxy groups -OCH3 is 1. The molecule has 0 heterocycles. The predicted molar refractivity (Wildman–Crippen MR) is 99.5 cm³/mol. The summed E-state index contributed by atoms with van der Waals surface area (Å²) in [6.45, 7) is 11.0. The summed E-state index contributed by atoms with van der Waals surface area (Å²) < 4.78 is 5.71. The van der Waals surface area contributed by atoms with Crippen molar-refractivity contribution in [2.75, 3.05) is 7.11 Å². The summed E-state index contributed by atoms with van der Waals surface area (Å²) >= 11 is 0. The van der Waals surface area contributed by atoms with Crippen molar-refractivity contribution >= 4 is 0 Å². The normalized spacial score (nSPS) is 37.4. The molecule has 0 amide bonds. The zero-order chi connectivity index (χ0) is 17.5. The van der Waals surface area contributed by atoms with Crippen molar-refractivity contribution in [3.63, 3.8) is 0 Å². The lowest BCUT2D eigenvalue weighted by atomic mass is 9.86. The zero-order valence-electron chi connectivity index (χ0n) is 15.9. The van der Waals surface area contributed by atoms with Crippen LogP contribution in [0.3, 0.4) is 0 Å². The molecule has 1 aliphatic rings. The number of allylic oxidation sites excluding steroid dienone is 4. The monoisotopic (exact) mass is 320 g/mol. The SMILES string of the molecule is CO[C@@]1(C)/C=C/[C@H](C(C)C)CC/C(C)=C\CC/C(C)=C\[C@H](O)C1. The van der Waals surface area contributed by atoms with Crippen LogP contribution in [0.15, 0.2) is 35.5 Å². The van der Waals surface area contributed by atoms with Gasteiger partial charge in [-0.3, -0.25) is 0 Å². The van der Waals surface area contributed by atoms with Gasteiger partial charge in [-0.2, -0.15) is 0 Å². The molecule has 0 fully saturated rings. The first-order chi connectivity index (χ1) is 10.8. The van der Waals surface area contributed by atoms with E-state index in [1.54, 1.807) is 7.11 Å². The van der Waals surface area contributed by atoms with Crippen LogP contribution in [0.5, 0.6) is 0 Å². The fourth-order valence-electron chi connectivity index (χ4n) is 3.13. The van der Waals surface area contributed by atoms with Gasteiger partial charge >= 0.3 is 0 Å². The Balaban J connectivity index is 3.04. The minimum Gasteiger partial charge on any atom is -0.389 e. The lowest BCUT2D eigenvalue weighted by Gasteiger charge is -2.28. The molecule has 132 valence electrons. The molecule has 0 aromatic rings. The van der Waals surface area contributed by atoms with Crippen LogP contribution >= 0.6 is 0 Å². The minimum absolute atomic E-state index is 0.418. The summed E-state index contributed by atoms with van der Waals surface area (Å²) in [6, 6.07) is 0. The van der Waals surface area contributed by atoms with Gasteiger partial charge in [-0.15, -0.1) is 0 Å². The Morgan fingerprint density at radius 2 is 1.91 bits per heavy atom. The molecule has 1 aliphatic carbocycles. The number of hydrogen-bond acceptors (Lipinski definition) is 2. The summed E-state index contributed by atoms with van der Waals surface area (Å²) in [5.74, 6) is 1.16. The first-order valence-electron chi connectivity index (χ1n) is 9.01. The van der Waals surface area contributed by atoms with Crippen molar-refractivity contribution in [2.24, 2.45) is 11.8 Å². The van der Waals surface area contributed by atoms with Crippen LogP contribution in [-0.4, -0.2) is 23.9 Å². The smallest absolute Gasteiger partial charge is 0.0858 e. The number of ether oxygens (including phenoxy) is 1. The third kappa shape index (κ3) is 7.50. The molecule has 0 spiro atoms. The third-order valence-corrected chi connectivity index (χ3v) is 5.01. The summed E-state index contributed by atoms with van der Waals surface area (Å²) in [4.78, 5) is 0. The van der Waals surface area contributed by atoms with Crippen molar-refractivity contribution < 1.29 is 9.84 Å². The maximum absolute atomic E-state index is 10.4. The van der Waals surface area contributed by atoms with Crippen LogP contribution in [0.2, 0.25) is 0 Å². The van der Waals surface area contributed by atoms with E-state index < -0.39 is 11.7 Å². The van der Waals surface area contributed by atoms with Crippen molar-refractivity contribution in [3.05, 3.63) is 35.5 Å². The largest absolute Gasteiger partial charge is 0.389 e. The van der Waals surface area contributed by atoms with E-state index in [0.29, 0.717) is 18.3 Å². The Bertz CT molecular complexity index is 445. The molecule has 1 N–H and O–H groups in total. The van der Waals surface area contributed by atoms with Crippen molar-refractivity contribution in [2.45, 2.75) is 78.4 Å². The van der Waals surface area contributed by atoms with Gasteiger partial charge in [0.2, 0.25) is 0 Å². The topological polar surface area (TPSA) is 29.5 Å². The Morgan fingerprint density at radius 1 is 1.22 bits per heavy atom. The third-order valence-electron chi connectivity index (χ3n) is 5.01. The molecule has 0 saturated heterocycles. The van der Waals surface area contributed by atoms with E-state index in [2.05, 4.69) is 52.8 Å². The molecule has 2 nitrogen and oxygen atoms in total. The lowest BCUT2D eigenvalue weighted by Crippen LogP contribution is -2.30. The van der Waals surface area contributed by atoms with Crippen LogP contribution < -0.4 is 0 Å². The Labute approximate surface area is 143 Å². The van der Waals surface area contributed by atoms with E-state index in [0.717, 1.165) is 19.3 Å². The van der Waals surface area contributed by atoms with Crippen molar-refractivity contribution in [1.82, 2.24) is 0 Å². The van der Waals surface area contributed by atoms with Gasteiger partial charge in [-0.05, 0) is 58.3 Å². The summed E-state index contributed by atoms with van der Waals surface area (Å²) in [5, 5.41) is 10.4. The highest BCUT2D eigenvalue weighted by Crippen LogP contribution is 2.26. The molecule has 2 heteroatoms. The van der Waals surface area contributed by atoms with E-state index in [4.69, 9.17) is 4.74 Å². The van der Waals surface area contributed by atoms with Gasteiger partial charge in [0.25, 0.3) is 0 Å². The molecule has 0 aromatic heterocycles. The van der Waals surface area contributed by atoms with E-state index in [9.17, 15) is 5.11 Å². The minimum atomic E-state index is -0.463. The second kappa shape index (κ2) is 9.44. The molecule has 0 bridgehead atoms. The maximum atomic E-state index is 10.4. The quantitative estimate of drug-likeness (QED) is 0.687. The summed E-state index contributed by atoms with van der Waals surface area (Å²) in [5.41, 5.74) is 2.31. The van der Waals surface area contributed by atoms with Gasteiger partial charge in [0, 0.05) is 13.5 Å². The van der Waals surface area contributed by atoms with E-state index in [1.807, 2.05) is 6.08 Å². The first kappa shape index (κ1) is 20.2. The van der Waals surface area contributed by atoms with Crippen LogP contribution in [0.25, 0.3) is 0 Å². The number of hydrogen-bond donors (Lipinski definition) is 1. The second-order valence-corrected chi connectivity index (χ2v) is 7.70. The second-order valence-electron chi connectivity index (χ2n) is 7.70.